The summed E-state index contributed by atoms with van der Waals surface area (Å²) in [6.07, 6.45) is -2.21. The number of halogens is 3. The molecular formula is C17H18F3N. The Bertz CT molecular complexity index is 630. The van der Waals surface area contributed by atoms with Gasteiger partial charge in [-0.05, 0) is 41.7 Å². The normalized spacial score (nSPS) is 12.0. The van der Waals surface area contributed by atoms with Crippen LogP contribution in [0.25, 0.3) is 0 Å². The minimum atomic E-state index is -4.31. The van der Waals surface area contributed by atoms with Crippen molar-refractivity contribution in [2.45, 2.75) is 39.3 Å². The maximum atomic E-state index is 13.0. The van der Waals surface area contributed by atoms with Crippen LogP contribution in [0.1, 0.15) is 47.7 Å². The lowest BCUT2D eigenvalue weighted by molar-refractivity contribution is -0.138. The van der Waals surface area contributed by atoms with Crippen molar-refractivity contribution in [1.29, 1.82) is 0 Å². The number of aromatic nitrogens is 1. The monoisotopic (exact) mass is 293 g/mol. The van der Waals surface area contributed by atoms with Crippen LogP contribution >= 0.6 is 0 Å². The van der Waals surface area contributed by atoms with Gasteiger partial charge in [-0.2, -0.15) is 13.2 Å². The fraction of sp³-hybridized carbons (Fsp3) is 0.353. The number of hydrogen-bond acceptors (Lipinski definition) is 1. The molecule has 0 spiro atoms. The Hall–Kier alpha value is -1.84. The van der Waals surface area contributed by atoms with Crippen LogP contribution in [0, 0.1) is 6.92 Å². The van der Waals surface area contributed by atoms with Gasteiger partial charge in [-0.15, -0.1) is 0 Å². The maximum absolute atomic E-state index is 13.0. The highest BCUT2D eigenvalue weighted by atomic mass is 19.4. The Morgan fingerprint density at radius 3 is 2.43 bits per heavy atom. The van der Waals surface area contributed by atoms with Crippen LogP contribution < -0.4 is 0 Å². The van der Waals surface area contributed by atoms with E-state index in [1.807, 2.05) is 12.1 Å². The molecule has 0 N–H and O–H groups in total. The lowest BCUT2D eigenvalue weighted by Gasteiger charge is -2.16. The van der Waals surface area contributed by atoms with Crippen LogP contribution in [-0.4, -0.2) is 4.98 Å². The highest BCUT2D eigenvalue weighted by molar-refractivity contribution is 5.39. The third-order valence-corrected chi connectivity index (χ3v) is 3.66. The van der Waals surface area contributed by atoms with Crippen molar-refractivity contribution in [3.63, 3.8) is 0 Å². The quantitative estimate of drug-likeness (QED) is 0.765. The van der Waals surface area contributed by atoms with Gasteiger partial charge in [0.1, 0.15) is 0 Å². The molecule has 2 rings (SSSR count). The first-order chi connectivity index (χ1) is 9.80. The SMILES string of the molecule is Cc1c(Cc2ncccc2C(C)C)cccc1C(F)(F)F. The number of alkyl halides is 3. The summed E-state index contributed by atoms with van der Waals surface area (Å²) in [6.45, 7) is 5.63. The van der Waals surface area contributed by atoms with Gasteiger partial charge >= 0.3 is 6.18 Å². The topological polar surface area (TPSA) is 12.9 Å². The molecule has 0 bridgehead atoms. The number of benzene rings is 1. The second-order valence-electron chi connectivity index (χ2n) is 5.46. The zero-order valence-electron chi connectivity index (χ0n) is 12.3. The molecule has 0 radical (unpaired) electrons. The molecule has 0 aliphatic carbocycles. The van der Waals surface area contributed by atoms with Gasteiger partial charge in [0.05, 0.1) is 5.56 Å². The number of rotatable bonds is 3. The second-order valence-corrected chi connectivity index (χ2v) is 5.46. The second kappa shape index (κ2) is 5.88. The molecule has 0 unspecified atom stereocenters. The summed E-state index contributed by atoms with van der Waals surface area (Å²) in [5, 5.41) is 0. The zero-order chi connectivity index (χ0) is 15.6. The van der Waals surface area contributed by atoms with Gasteiger partial charge in [-0.3, -0.25) is 4.98 Å². The number of pyridine rings is 1. The lowest BCUT2D eigenvalue weighted by Crippen LogP contribution is -2.10. The summed E-state index contributed by atoms with van der Waals surface area (Å²) < 4.78 is 38.9. The highest BCUT2D eigenvalue weighted by Crippen LogP contribution is 2.33. The highest BCUT2D eigenvalue weighted by Gasteiger charge is 2.32. The Morgan fingerprint density at radius 1 is 1.10 bits per heavy atom. The first kappa shape index (κ1) is 15.5. The van der Waals surface area contributed by atoms with E-state index in [-0.39, 0.29) is 5.56 Å². The van der Waals surface area contributed by atoms with Gasteiger partial charge in [0.15, 0.2) is 0 Å². The predicted molar refractivity (Wildman–Crippen MR) is 77.3 cm³/mol. The van der Waals surface area contributed by atoms with E-state index >= 15 is 0 Å². The third-order valence-electron chi connectivity index (χ3n) is 3.66. The third kappa shape index (κ3) is 3.43. The van der Waals surface area contributed by atoms with Gasteiger partial charge in [0.2, 0.25) is 0 Å². The van der Waals surface area contributed by atoms with Crippen molar-refractivity contribution in [2.24, 2.45) is 0 Å². The summed E-state index contributed by atoms with van der Waals surface area (Å²) in [5.41, 5.74) is 2.31. The molecule has 21 heavy (non-hydrogen) atoms. The molecule has 0 atom stereocenters. The van der Waals surface area contributed by atoms with Crippen molar-refractivity contribution in [1.82, 2.24) is 4.98 Å². The minimum absolute atomic E-state index is 0.283. The van der Waals surface area contributed by atoms with E-state index in [4.69, 9.17) is 0 Å². The van der Waals surface area contributed by atoms with E-state index in [1.165, 1.54) is 13.0 Å². The van der Waals surface area contributed by atoms with Gasteiger partial charge < -0.3 is 0 Å². The molecule has 0 aliphatic heterocycles. The molecule has 0 fully saturated rings. The van der Waals surface area contributed by atoms with E-state index in [2.05, 4.69) is 18.8 Å². The summed E-state index contributed by atoms with van der Waals surface area (Å²) in [5.74, 6) is 0.291. The first-order valence-electron chi connectivity index (χ1n) is 6.90. The molecule has 1 nitrogen and oxygen atoms in total. The van der Waals surface area contributed by atoms with Crippen molar-refractivity contribution in [2.75, 3.05) is 0 Å². The fourth-order valence-electron chi connectivity index (χ4n) is 2.49. The Balaban J connectivity index is 2.42. The Labute approximate surface area is 122 Å². The van der Waals surface area contributed by atoms with E-state index in [0.29, 0.717) is 17.9 Å². The molecule has 1 heterocycles. The summed E-state index contributed by atoms with van der Waals surface area (Å²) in [6, 6.07) is 8.17. The van der Waals surface area contributed by atoms with Gasteiger partial charge in [-0.1, -0.05) is 32.0 Å². The van der Waals surface area contributed by atoms with Crippen molar-refractivity contribution < 1.29 is 13.2 Å². The largest absolute Gasteiger partial charge is 0.416 e. The molecule has 0 saturated heterocycles. The number of hydrogen-bond donors (Lipinski definition) is 0. The molecule has 112 valence electrons. The van der Waals surface area contributed by atoms with Crippen molar-refractivity contribution >= 4 is 0 Å². The van der Waals surface area contributed by atoms with E-state index < -0.39 is 11.7 Å². The molecular weight excluding hydrogens is 275 g/mol. The number of nitrogens with zero attached hydrogens (tertiary/aromatic N) is 1. The Kier molecular flexibility index (Phi) is 4.35. The van der Waals surface area contributed by atoms with Gasteiger partial charge in [0.25, 0.3) is 0 Å². The van der Waals surface area contributed by atoms with Crippen LogP contribution in [-0.2, 0) is 12.6 Å². The van der Waals surface area contributed by atoms with Crippen LogP contribution in [0.2, 0.25) is 0 Å². The molecule has 2 aromatic rings. The molecule has 4 heteroatoms. The van der Waals surface area contributed by atoms with Crippen molar-refractivity contribution in [3.8, 4) is 0 Å². The van der Waals surface area contributed by atoms with Gasteiger partial charge in [-0.25, -0.2) is 0 Å². The molecule has 0 saturated carbocycles. The minimum Gasteiger partial charge on any atom is -0.261 e. The Morgan fingerprint density at radius 2 is 1.81 bits per heavy atom. The van der Waals surface area contributed by atoms with Crippen LogP contribution in [0.15, 0.2) is 36.5 Å². The van der Waals surface area contributed by atoms with E-state index in [0.717, 1.165) is 17.3 Å². The summed E-state index contributed by atoms with van der Waals surface area (Å²) in [4.78, 5) is 4.35. The molecule has 0 aliphatic rings. The van der Waals surface area contributed by atoms with Crippen LogP contribution in [0.5, 0.6) is 0 Å². The van der Waals surface area contributed by atoms with E-state index in [1.54, 1.807) is 12.3 Å². The summed E-state index contributed by atoms with van der Waals surface area (Å²) >= 11 is 0. The van der Waals surface area contributed by atoms with Gasteiger partial charge in [0, 0.05) is 18.3 Å². The molecule has 1 aromatic carbocycles. The smallest absolute Gasteiger partial charge is 0.261 e. The maximum Gasteiger partial charge on any atom is 0.416 e. The predicted octanol–water partition coefficient (Wildman–Crippen LogP) is 5.12. The zero-order valence-corrected chi connectivity index (χ0v) is 12.3. The first-order valence-corrected chi connectivity index (χ1v) is 6.90. The van der Waals surface area contributed by atoms with Crippen LogP contribution in [0.4, 0.5) is 13.2 Å². The lowest BCUT2D eigenvalue weighted by atomic mass is 9.94. The standard InChI is InChI=1S/C17H18F3N/c1-11(2)14-7-5-9-21-16(14)10-13-6-4-8-15(12(13)3)17(18,19)20/h4-9,11H,10H2,1-3H3. The van der Waals surface area contributed by atoms with E-state index in [9.17, 15) is 13.2 Å². The fourth-order valence-corrected chi connectivity index (χ4v) is 2.49. The van der Waals surface area contributed by atoms with Crippen LogP contribution in [0.3, 0.4) is 0 Å². The average molecular weight is 293 g/mol. The van der Waals surface area contributed by atoms with Crippen molar-refractivity contribution in [3.05, 3.63) is 64.5 Å². The summed E-state index contributed by atoms with van der Waals surface area (Å²) in [7, 11) is 0. The molecule has 1 aromatic heterocycles. The average Bonchev–Trinajstić information content (AvgIpc) is 2.40. The molecule has 0 amide bonds.